The van der Waals surface area contributed by atoms with Crippen LogP contribution in [0.5, 0.6) is 5.75 Å². The van der Waals surface area contributed by atoms with Gasteiger partial charge in [-0.15, -0.1) is 10.2 Å². The fourth-order valence-corrected chi connectivity index (χ4v) is 4.01. The topological polar surface area (TPSA) is 98.1 Å². The van der Waals surface area contributed by atoms with E-state index in [1.165, 1.54) is 6.42 Å². The van der Waals surface area contributed by atoms with Crippen molar-refractivity contribution in [2.75, 3.05) is 10.6 Å². The predicted octanol–water partition coefficient (Wildman–Crippen LogP) is 3.40. The van der Waals surface area contributed by atoms with Crippen LogP contribution in [0, 0.1) is 0 Å². The molecule has 0 fully saturated rings. The normalized spacial score (nSPS) is 17.5. The Morgan fingerprint density at radius 2 is 1.94 bits per heavy atom. The minimum Gasteiger partial charge on any atom is -0.478 e. The van der Waals surface area contributed by atoms with Gasteiger partial charge in [-0.05, 0) is 49.2 Å². The molecule has 0 radical (unpaired) electrons. The van der Waals surface area contributed by atoms with Gasteiger partial charge in [0.2, 0.25) is 5.91 Å². The molecule has 0 unspecified atom stereocenters. The summed E-state index contributed by atoms with van der Waals surface area (Å²) in [6.45, 7) is 0.933. The van der Waals surface area contributed by atoms with E-state index in [0.29, 0.717) is 17.1 Å². The fraction of sp³-hybridized carbons (Fsp3) is 0.304. The van der Waals surface area contributed by atoms with Gasteiger partial charge in [-0.3, -0.25) is 9.59 Å². The highest BCUT2D eigenvalue weighted by Crippen LogP contribution is 2.30. The van der Waals surface area contributed by atoms with Crippen LogP contribution in [-0.2, 0) is 22.6 Å². The van der Waals surface area contributed by atoms with E-state index in [4.69, 9.17) is 4.74 Å². The molecule has 8 heteroatoms. The van der Waals surface area contributed by atoms with E-state index < -0.39 is 6.10 Å². The SMILES string of the molecule is O=C(C[C@@H]1Oc2ccccc2NC1=O)Nc1ccc(-c2nnc3n2CCCCC3)cc1. The first kappa shape index (κ1) is 19.3. The molecule has 2 aliphatic heterocycles. The lowest BCUT2D eigenvalue weighted by molar-refractivity contribution is -0.128. The van der Waals surface area contributed by atoms with Crippen molar-refractivity contribution in [3.63, 3.8) is 0 Å². The minimum absolute atomic E-state index is 0.0698. The number of hydrogen-bond acceptors (Lipinski definition) is 5. The second-order valence-electron chi connectivity index (χ2n) is 7.82. The van der Waals surface area contributed by atoms with Gasteiger partial charge in [0.15, 0.2) is 11.9 Å². The summed E-state index contributed by atoms with van der Waals surface area (Å²) in [4.78, 5) is 24.7. The summed E-state index contributed by atoms with van der Waals surface area (Å²) >= 11 is 0. The summed E-state index contributed by atoms with van der Waals surface area (Å²) in [6.07, 6.45) is 3.52. The number of ether oxygens (including phenoxy) is 1. The predicted molar refractivity (Wildman–Crippen MR) is 116 cm³/mol. The Morgan fingerprint density at radius 1 is 1.10 bits per heavy atom. The number of carbonyl (C=O) groups is 2. The van der Waals surface area contributed by atoms with Gasteiger partial charge in [0, 0.05) is 24.2 Å². The van der Waals surface area contributed by atoms with Gasteiger partial charge in [0.25, 0.3) is 5.91 Å². The number of rotatable bonds is 4. The molecule has 0 saturated heterocycles. The Hall–Kier alpha value is -3.68. The van der Waals surface area contributed by atoms with Gasteiger partial charge >= 0.3 is 0 Å². The monoisotopic (exact) mass is 417 g/mol. The van der Waals surface area contributed by atoms with Crippen LogP contribution in [0.1, 0.15) is 31.5 Å². The molecule has 1 atom stereocenters. The first-order chi connectivity index (χ1) is 15.2. The zero-order valence-electron chi connectivity index (χ0n) is 17.0. The molecule has 158 valence electrons. The lowest BCUT2D eigenvalue weighted by Gasteiger charge is -2.25. The largest absolute Gasteiger partial charge is 0.478 e. The minimum atomic E-state index is -0.861. The number of benzene rings is 2. The van der Waals surface area contributed by atoms with Crippen LogP contribution >= 0.6 is 0 Å². The number of carbonyl (C=O) groups excluding carboxylic acids is 2. The second-order valence-corrected chi connectivity index (χ2v) is 7.82. The molecule has 0 bridgehead atoms. The lowest BCUT2D eigenvalue weighted by atomic mass is 10.1. The van der Waals surface area contributed by atoms with Crippen molar-refractivity contribution < 1.29 is 14.3 Å². The highest BCUT2D eigenvalue weighted by Gasteiger charge is 2.29. The third-order valence-corrected chi connectivity index (χ3v) is 5.61. The Morgan fingerprint density at radius 3 is 2.81 bits per heavy atom. The Bertz CT molecular complexity index is 1120. The van der Waals surface area contributed by atoms with Gasteiger partial charge < -0.3 is 19.9 Å². The van der Waals surface area contributed by atoms with Crippen LogP contribution in [0.2, 0.25) is 0 Å². The number of nitrogens with one attached hydrogen (secondary N) is 2. The maximum Gasteiger partial charge on any atom is 0.266 e. The van der Waals surface area contributed by atoms with Gasteiger partial charge in [-0.1, -0.05) is 18.6 Å². The summed E-state index contributed by atoms with van der Waals surface area (Å²) in [5.74, 6) is 1.86. The van der Waals surface area contributed by atoms with E-state index >= 15 is 0 Å². The molecule has 0 saturated carbocycles. The van der Waals surface area contributed by atoms with Crippen LogP contribution < -0.4 is 15.4 Å². The molecule has 0 aliphatic carbocycles. The average molecular weight is 417 g/mol. The first-order valence-corrected chi connectivity index (χ1v) is 10.6. The molecular weight excluding hydrogens is 394 g/mol. The molecule has 2 N–H and O–H groups in total. The van der Waals surface area contributed by atoms with Crippen LogP contribution in [-0.4, -0.2) is 32.7 Å². The molecule has 2 amide bonds. The zero-order chi connectivity index (χ0) is 21.2. The molecule has 3 heterocycles. The summed E-state index contributed by atoms with van der Waals surface area (Å²) in [6, 6.07) is 14.7. The van der Waals surface area contributed by atoms with Crippen molar-refractivity contribution in [2.45, 2.75) is 44.8 Å². The number of anilines is 2. The van der Waals surface area contributed by atoms with Crippen LogP contribution in [0.3, 0.4) is 0 Å². The van der Waals surface area contributed by atoms with Crippen molar-refractivity contribution in [2.24, 2.45) is 0 Å². The summed E-state index contributed by atoms with van der Waals surface area (Å²) in [5.41, 5.74) is 2.23. The molecule has 1 aromatic heterocycles. The Kier molecular flexibility index (Phi) is 5.11. The first-order valence-electron chi connectivity index (χ1n) is 10.6. The maximum absolute atomic E-state index is 12.5. The second kappa shape index (κ2) is 8.22. The van der Waals surface area contributed by atoms with Crippen molar-refractivity contribution in [3.8, 4) is 17.1 Å². The Balaban J connectivity index is 1.24. The summed E-state index contributed by atoms with van der Waals surface area (Å²) < 4.78 is 7.88. The number of para-hydroxylation sites is 2. The number of fused-ring (bicyclic) bond motifs is 2. The Labute approximate surface area is 179 Å². The van der Waals surface area contributed by atoms with Gasteiger partial charge in [-0.2, -0.15) is 0 Å². The molecule has 3 aromatic rings. The summed E-state index contributed by atoms with van der Waals surface area (Å²) in [5, 5.41) is 14.3. The maximum atomic E-state index is 12.5. The van der Waals surface area contributed by atoms with E-state index in [2.05, 4.69) is 25.4 Å². The molecule has 31 heavy (non-hydrogen) atoms. The lowest BCUT2D eigenvalue weighted by Crippen LogP contribution is -2.39. The van der Waals surface area contributed by atoms with Gasteiger partial charge in [-0.25, -0.2) is 0 Å². The van der Waals surface area contributed by atoms with Crippen molar-refractivity contribution in [1.29, 1.82) is 0 Å². The molecule has 8 nitrogen and oxygen atoms in total. The van der Waals surface area contributed by atoms with E-state index in [9.17, 15) is 9.59 Å². The fourth-order valence-electron chi connectivity index (χ4n) is 4.01. The molecule has 0 spiro atoms. The van der Waals surface area contributed by atoms with Crippen molar-refractivity contribution in [3.05, 3.63) is 54.4 Å². The highest BCUT2D eigenvalue weighted by atomic mass is 16.5. The quantitative estimate of drug-likeness (QED) is 0.678. The number of aromatic nitrogens is 3. The number of amides is 2. The third kappa shape index (κ3) is 4.01. The van der Waals surface area contributed by atoms with Crippen LogP contribution in [0.15, 0.2) is 48.5 Å². The van der Waals surface area contributed by atoms with E-state index in [0.717, 1.165) is 43.0 Å². The summed E-state index contributed by atoms with van der Waals surface area (Å²) in [7, 11) is 0. The third-order valence-electron chi connectivity index (χ3n) is 5.61. The van der Waals surface area contributed by atoms with Crippen LogP contribution in [0.4, 0.5) is 11.4 Å². The van der Waals surface area contributed by atoms with E-state index in [1.807, 2.05) is 36.4 Å². The molecular formula is C23H23N5O3. The molecule has 5 rings (SSSR count). The van der Waals surface area contributed by atoms with Crippen molar-refractivity contribution >= 4 is 23.2 Å². The van der Waals surface area contributed by atoms with Crippen LogP contribution in [0.25, 0.3) is 11.4 Å². The molecule has 2 aromatic carbocycles. The van der Waals surface area contributed by atoms with Crippen molar-refractivity contribution in [1.82, 2.24) is 14.8 Å². The number of aryl methyl sites for hydroxylation is 1. The number of hydrogen-bond donors (Lipinski definition) is 2. The van der Waals surface area contributed by atoms with Gasteiger partial charge in [0.05, 0.1) is 12.1 Å². The smallest absolute Gasteiger partial charge is 0.266 e. The zero-order valence-corrected chi connectivity index (χ0v) is 17.0. The average Bonchev–Trinajstić information content (AvgIpc) is 3.03. The highest BCUT2D eigenvalue weighted by molar-refractivity contribution is 6.02. The molecule has 2 aliphatic rings. The van der Waals surface area contributed by atoms with E-state index in [1.54, 1.807) is 12.1 Å². The number of nitrogens with zero attached hydrogens (tertiary/aromatic N) is 3. The standard InChI is InChI=1S/C23H23N5O3/c29-21(14-19-23(30)25-17-6-3-4-7-18(17)31-19)24-16-11-9-15(10-12-16)22-27-26-20-8-2-1-5-13-28(20)22/h3-4,6-7,9-12,19H,1-2,5,8,13-14H2,(H,24,29)(H,25,30)/t19-/m0/s1. The van der Waals surface area contributed by atoms with E-state index in [-0.39, 0.29) is 18.2 Å². The van der Waals surface area contributed by atoms with Gasteiger partial charge in [0.1, 0.15) is 11.6 Å².